The topological polar surface area (TPSA) is 58.2 Å². The van der Waals surface area contributed by atoms with Gasteiger partial charge in [0.25, 0.3) is 0 Å². The summed E-state index contributed by atoms with van der Waals surface area (Å²) in [6.45, 7) is 5.59. The molecule has 120 valence electrons. The average Bonchev–Trinajstić information content (AvgIpc) is 2.48. The van der Waals surface area contributed by atoms with Crippen molar-refractivity contribution in [3.63, 3.8) is 0 Å². The number of Topliss-reactive ketones (excluding diaryl/α,β-unsaturated/α-hetero) is 1. The summed E-state index contributed by atoms with van der Waals surface area (Å²) in [7, 11) is 0. The Bertz CT molecular complexity index is 547. The van der Waals surface area contributed by atoms with E-state index in [-0.39, 0.29) is 24.2 Å². The van der Waals surface area contributed by atoms with Crippen molar-refractivity contribution in [2.45, 2.75) is 32.7 Å². The van der Waals surface area contributed by atoms with E-state index in [4.69, 9.17) is 0 Å². The average molecular weight is 306 g/mol. The predicted molar refractivity (Wildman–Crippen MR) is 83.1 cm³/mol. The van der Waals surface area contributed by atoms with Crippen molar-refractivity contribution in [3.05, 3.63) is 35.6 Å². The number of carbonyl (C=O) groups is 2. The highest BCUT2D eigenvalue weighted by molar-refractivity contribution is 5.99. The lowest BCUT2D eigenvalue weighted by atomic mass is 9.93. The van der Waals surface area contributed by atoms with Crippen molar-refractivity contribution in [3.8, 4) is 0 Å². The Hall–Kier alpha value is -1.75. The van der Waals surface area contributed by atoms with Gasteiger partial charge in [0.1, 0.15) is 5.82 Å². The van der Waals surface area contributed by atoms with Gasteiger partial charge in [-0.1, -0.05) is 26.0 Å². The van der Waals surface area contributed by atoms with Gasteiger partial charge >= 0.3 is 0 Å². The van der Waals surface area contributed by atoms with E-state index in [1.54, 1.807) is 13.0 Å². The molecule has 0 aromatic heterocycles. The highest BCUT2D eigenvalue weighted by atomic mass is 19.1. The smallest absolute Gasteiger partial charge is 0.220 e. The Balaban J connectivity index is 1.89. The van der Waals surface area contributed by atoms with Crippen LogP contribution < -0.4 is 10.6 Å². The minimum Gasteiger partial charge on any atom is -0.353 e. The quantitative estimate of drug-likeness (QED) is 0.820. The molecule has 1 amide bonds. The molecule has 1 fully saturated rings. The molecule has 1 saturated heterocycles. The maximum absolute atomic E-state index is 13.2. The summed E-state index contributed by atoms with van der Waals surface area (Å²) in [6, 6.07) is 5.75. The molecule has 0 saturated carbocycles. The number of halogens is 1. The molecule has 0 aliphatic carbocycles. The Kier molecular flexibility index (Phi) is 5.66. The van der Waals surface area contributed by atoms with E-state index in [1.165, 1.54) is 18.2 Å². The van der Waals surface area contributed by atoms with Crippen LogP contribution in [0.4, 0.5) is 4.39 Å². The van der Waals surface area contributed by atoms with Gasteiger partial charge in [-0.05, 0) is 37.6 Å². The molecule has 4 nitrogen and oxygen atoms in total. The summed E-state index contributed by atoms with van der Waals surface area (Å²) >= 11 is 0. The third-order valence-electron chi connectivity index (χ3n) is 4.18. The summed E-state index contributed by atoms with van der Waals surface area (Å²) < 4.78 is 13.2. The molecule has 22 heavy (non-hydrogen) atoms. The molecule has 0 bridgehead atoms. The van der Waals surface area contributed by atoms with Gasteiger partial charge in [-0.25, -0.2) is 4.39 Å². The van der Waals surface area contributed by atoms with E-state index in [0.29, 0.717) is 11.5 Å². The number of rotatable bonds is 5. The molecule has 5 heteroatoms. The Morgan fingerprint density at radius 1 is 1.45 bits per heavy atom. The van der Waals surface area contributed by atoms with Gasteiger partial charge in [0, 0.05) is 23.9 Å². The second-order valence-electron chi connectivity index (χ2n) is 6.12. The Labute approximate surface area is 130 Å². The first-order valence-electron chi connectivity index (χ1n) is 7.77. The fourth-order valence-electron chi connectivity index (χ4n) is 2.79. The highest BCUT2D eigenvalue weighted by Gasteiger charge is 2.25. The van der Waals surface area contributed by atoms with Crippen molar-refractivity contribution in [2.75, 3.05) is 13.1 Å². The summed E-state index contributed by atoms with van der Waals surface area (Å²) in [5.41, 5.74) is 0.315. The van der Waals surface area contributed by atoms with E-state index < -0.39 is 11.7 Å². The maximum atomic E-state index is 13.2. The molecule has 0 spiro atoms. The molecule has 0 radical (unpaired) electrons. The second-order valence-corrected chi connectivity index (χ2v) is 6.12. The van der Waals surface area contributed by atoms with Crippen LogP contribution in [0.3, 0.4) is 0 Å². The van der Waals surface area contributed by atoms with Gasteiger partial charge in [-0.3, -0.25) is 9.59 Å². The van der Waals surface area contributed by atoms with Crippen LogP contribution in [-0.2, 0) is 4.79 Å². The number of ketones is 1. The fraction of sp³-hybridized carbons (Fsp3) is 0.529. The Morgan fingerprint density at radius 2 is 2.23 bits per heavy atom. The standard InChI is InChI=1S/C17H23FN2O2/c1-11(17(22)13-4-3-5-14(18)9-13)8-16(21)20-15-6-7-19-10-12(15)2/h3-5,9,11-12,15,19H,6-8,10H2,1-2H3,(H,20,21). The summed E-state index contributed by atoms with van der Waals surface area (Å²) in [5, 5.41) is 6.29. The lowest BCUT2D eigenvalue weighted by Crippen LogP contribution is -2.48. The molecule has 2 rings (SSSR count). The monoisotopic (exact) mass is 306 g/mol. The first-order chi connectivity index (χ1) is 10.5. The highest BCUT2D eigenvalue weighted by Crippen LogP contribution is 2.15. The van der Waals surface area contributed by atoms with Crippen molar-refractivity contribution in [1.29, 1.82) is 0 Å². The van der Waals surface area contributed by atoms with Crippen LogP contribution in [0.1, 0.15) is 37.0 Å². The van der Waals surface area contributed by atoms with Crippen LogP contribution in [0, 0.1) is 17.7 Å². The van der Waals surface area contributed by atoms with Gasteiger partial charge in [-0.2, -0.15) is 0 Å². The third-order valence-corrected chi connectivity index (χ3v) is 4.18. The largest absolute Gasteiger partial charge is 0.353 e. The number of amides is 1. The van der Waals surface area contributed by atoms with Crippen molar-refractivity contribution in [1.82, 2.24) is 10.6 Å². The van der Waals surface area contributed by atoms with Crippen LogP contribution in [0.5, 0.6) is 0 Å². The number of hydrogen-bond acceptors (Lipinski definition) is 3. The van der Waals surface area contributed by atoms with Gasteiger partial charge in [-0.15, -0.1) is 0 Å². The van der Waals surface area contributed by atoms with Crippen LogP contribution in [0.15, 0.2) is 24.3 Å². The fourth-order valence-corrected chi connectivity index (χ4v) is 2.79. The predicted octanol–water partition coefficient (Wildman–Crippen LogP) is 2.15. The Morgan fingerprint density at radius 3 is 2.91 bits per heavy atom. The molecule has 1 aliphatic rings. The van der Waals surface area contributed by atoms with Gasteiger partial charge in [0.2, 0.25) is 5.91 Å². The lowest BCUT2D eigenvalue weighted by molar-refractivity contribution is -0.122. The summed E-state index contributed by atoms with van der Waals surface area (Å²) in [4.78, 5) is 24.3. The first kappa shape index (κ1) is 16.6. The number of hydrogen-bond donors (Lipinski definition) is 2. The van der Waals surface area contributed by atoms with Crippen LogP contribution in [0.25, 0.3) is 0 Å². The van der Waals surface area contributed by atoms with Gasteiger partial charge < -0.3 is 10.6 Å². The molecule has 1 aromatic carbocycles. The zero-order valence-electron chi connectivity index (χ0n) is 13.1. The molecule has 1 aliphatic heterocycles. The third kappa shape index (κ3) is 4.37. The summed E-state index contributed by atoms with van der Waals surface area (Å²) in [5.74, 6) is -0.833. The van der Waals surface area contributed by atoms with Gasteiger partial charge in [0.05, 0.1) is 0 Å². The SMILES string of the molecule is CC(CC(=O)NC1CCNCC1C)C(=O)c1cccc(F)c1. The molecule has 2 N–H and O–H groups in total. The van der Waals surface area contributed by atoms with Crippen molar-refractivity contribution >= 4 is 11.7 Å². The van der Waals surface area contributed by atoms with Crippen LogP contribution in [0.2, 0.25) is 0 Å². The number of nitrogens with one attached hydrogen (secondary N) is 2. The number of carbonyl (C=O) groups excluding carboxylic acids is 2. The summed E-state index contributed by atoms with van der Waals surface area (Å²) in [6.07, 6.45) is 1.03. The molecule has 1 aromatic rings. The molecule has 1 heterocycles. The van der Waals surface area contributed by atoms with Crippen molar-refractivity contribution < 1.29 is 14.0 Å². The first-order valence-corrected chi connectivity index (χ1v) is 7.77. The van der Waals surface area contributed by atoms with E-state index in [2.05, 4.69) is 17.6 Å². The van der Waals surface area contributed by atoms with Gasteiger partial charge in [0.15, 0.2) is 5.78 Å². The normalized spacial score (nSPS) is 22.9. The zero-order valence-corrected chi connectivity index (χ0v) is 13.1. The second kappa shape index (κ2) is 7.49. The lowest BCUT2D eigenvalue weighted by Gasteiger charge is -2.30. The van der Waals surface area contributed by atoms with E-state index in [0.717, 1.165) is 19.5 Å². The molecule has 3 unspecified atom stereocenters. The zero-order chi connectivity index (χ0) is 16.1. The molecular weight excluding hydrogens is 283 g/mol. The van der Waals surface area contributed by atoms with E-state index in [9.17, 15) is 14.0 Å². The van der Waals surface area contributed by atoms with E-state index >= 15 is 0 Å². The molecular formula is C17H23FN2O2. The number of piperidine rings is 1. The maximum Gasteiger partial charge on any atom is 0.220 e. The minimum atomic E-state index is -0.459. The van der Waals surface area contributed by atoms with Crippen LogP contribution in [-0.4, -0.2) is 30.8 Å². The van der Waals surface area contributed by atoms with Crippen molar-refractivity contribution in [2.24, 2.45) is 11.8 Å². The van der Waals surface area contributed by atoms with Crippen LogP contribution >= 0.6 is 0 Å². The number of benzene rings is 1. The minimum absolute atomic E-state index is 0.115. The molecule has 3 atom stereocenters. The van der Waals surface area contributed by atoms with E-state index in [1.807, 2.05) is 0 Å².